The third-order valence-electron chi connectivity index (χ3n) is 2.88. The first-order chi connectivity index (χ1) is 8.33. The van der Waals surface area contributed by atoms with Crippen molar-refractivity contribution in [3.05, 3.63) is 0 Å². The van der Waals surface area contributed by atoms with Crippen molar-refractivity contribution in [3.8, 4) is 0 Å². The van der Waals surface area contributed by atoms with Crippen LogP contribution in [0.3, 0.4) is 0 Å². The average molecular weight is 244 g/mol. The molecule has 0 spiro atoms. The molecule has 0 atom stereocenters. The number of amides is 1. The summed E-state index contributed by atoms with van der Waals surface area (Å²) in [5, 5.41) is 14.7. The molecule has 0 aromatic carbocycles. The van der Waals surface area contributed by atoms with Gasteiger partial charge in [0.15, 0.2) is 0 Å². The standard InChI is InChI=1S/C12H24N2O3/c15-7-3-1-2-6-13-10-12(16)14-11-4-8-17-9-5-11/h11,13,15H,1-10H2,(H,14,16). The molecule has 0 aromatic rings. The Balaban J connectivity index is 1.93. The van der Waals surface area contributed by atoms with Crippen molar-refractivity contribution < 1.29 is 14.6 Å². The van der Waals surface area contributed by atoms with E-state index in [1.165, 1.54) is 0 Å². The van der Waals surface area contributed by atoms with Gasteiger partial charge in [0, 0.05) is 25.9 Å². The van der Waals surface area contributed by atoms with E-state index in [-0.39, 0.29) is 18.6 Å². The van der Waals surface area contributed by atoms with Crippen molar-refractivity contribution >= 4 is 5.91 Å². The predicted molar refractivity (Wildman–Crippen MR) is 65.8 cm³/mol. The molecule has 0 unspecified atom stereocenters. The van der Waals surface area contributed by atoms with E-state index in [1.807, 2.05) is 0 Å². The van der Waals surface area contributed by atoms with Gasteiger partial charge in [0.1, 0.15) is 0 Å². The molecule has 100 valence electrons. The van der Waals surface area contributed by atoms with Gasteiger partial charge in [-0.25, -0.2) is 0 Å². The molecule has 0 aliphatic carbocycles. The summed E-state index contributed by atoms with van der Waals surface area (Å²) < 4.78 is 5.23. The summed E-state index contributed by atoms with van der Waals surface area (Å²) >= 11 is 0. The summed E-state index contributed by atoms with van der Waals surface area (Å²) in [7, 11) is 0. The van der Waals surface area contributed by atoms with E-state index in [0.29, 0.717) is 6.54 Å². The van der Waals surface area contributed by atoms with Crippen molar-refractivity contribution in [1.82, 2.24) is 10.6 Å². The number of carbonyl (C=O) groups excluding carboxylic acids is 1. The van der Waals surface area contributed by atoms with Gasteiger partial charge >= 0.3 is 0 Å². The van der Waals surface area contributed by atoms with Crippen molar-refractivity contribution in [2.24, 2.45) is 0 Å². The number of nitrogens with one attached hydrogen (secondary N) is 2. The molecule has 1 saturated heterocycles. The molecule has 0 saturated carbocycles. The van der Waals surface area contributed by atoms with Crippen LogP contribution >= 0.6 is 0 Å². The topological polar surface area (TPSA) is 70.6 Å². The monoisotopic (exact) mass is 244 g/mol. The quantitative estimate of drug-likeness (QED) is 0.527. The summed E-state index contributed by atoms with van der Waals surface area (Å²) in [5.74, 6) is 0.0686. The van der Waals surface area contributed by atoms with Crippen LogP contribution in [0.1, 0.15) is 32.1 Å². The van der Waals surface area contributed by atoms with E-state index in [4.69, 9.17) is 9.84 Å². The summed E-state index contributed by atoms with van der Waals surface area (Å²) in [5.41, 5.74) is 0. The molecular formula is C12H24N2O3. The fraction of sp³-hybridized carbons (Fsp3) is 0.917. The van der Waals surface area contributed by atoms with Gasteiger partial charge in [0.2, 0.25) is 5.91 Å². The van der Waals surface area contributed by atoms with Crippen LogP contribution in [0.2, 0.25) is 0 Å². The third kappa shape index (κ3) is 7.31. The second-order valence-corrected chi connectivity index (χ2v) is 4.42. The van der Waals surface area contributed by atoms with E-state index >= 15 is 0 Å². The smallest absolute Gasteiger partial charge is 0.234 e. The Kier molecular flexibility index (Phi) is 7.96. The maximum Gasteiger partial charge on any atom is 0.234 e. The second kappa shape index (κ2) is 9.39. The number of ether oxygens (including phenoxy) is 1. The van der Waals surface area contributed by atoms with Crippen molar-refractivity contribution in [3.63, 3.8) is 0 Å². The van der Waals surface area contributed by atoms with Gasteiger partial charge in [-0.3, -0.25) is 4.79 Å². The van der Waals surface area contributed by atoms with Gasteiger partial charge in [0.25, 0.3) is 0 Å². The number of aliphatic hydroxyl groups is 1. The van der Waals surface area contributed by atoms with Crippen molar-refractivity contribution in [2.75, 3.05) is 32.9 Å². The number of carbonyl (C=O) groups is 1. The summed E-state index contributed by atoms with van der Waals surface area (Å²) in [4.78, 5) is 11.5. The van der Waals surface area contributed by atoms with Crippen molar-refractivity contribution in [2.45, 2.75) is 38.1 Å². The van der Waals surface area contributed by atoms with Gasteiger partial charge in [0.05, 0.1) is 6.54 Å². The van der Waals surface area contributed by atoms with Crippen molar-refractivity contribution in [1.29, 1.82) is 0 Å². The summed E-state index contributed by atoms with van der Waals surface area (Å²) in [6.45, 7) is 2.97. The number of hydrogen-bond acceptors (Lipinski definition) is 4. The van der Waals surface area contributed by atoms with Crippen LogP contribution < -0.4 is 10.6 Å². The largest absolute Gasteiger partial charge is 0.396 e. The van der Waals surface area contributed by atoms with Gasteiger partial charge in [-0.1, -0.05) is 0 Å². The Labute approximate surface area is 103 Å². The zero-order valence-corrected chi connectivity index (χ0v) is 10.4. The van der Waals surface area contributed by atoms with Crippen LogP contribution in [0.25, 0.3) is 0 Å². The van der Waals surface area contributed by atoms with Crippen LogP contribution in [0.5, 0.6) is 0 Å². The lowest BCUT2D eigenvalue weighted by molar-refractivity contribution is -0.121. The minimum absolute atomic E-state index is 0.0686. The lowest BCUT2D eigenvalue weighted by Crippen LogP contribution is -2.43. The molecule has 3 N–H and O–H groups in total. The van der Waals surface area contributed by atoms with Gasteiger partial charge in [-0.15, -0.1) is 0 Å². The second-order valence-electron chi connectivity index (χ2n) is 4.42. The number of hydrogen-bond donors (Lipinski definition) is 3. The van der Waals surface area contributed by atoms with E-state index < -0.39 is 0 Å². The Hall–Kier alpha value is -0.650. The maximum atomic E-state index is 11.5. The molecule has 1 aliphatic heterocycles. The Morgan fingerprint density at radius 2 is 2.00 bits per heavy atom. The number of rotatable bonds is 8. The van der Waals surface area contributed by atoms with Gasteiger partial charge < -0.3 is 20.5 Å². The Bertz CT molecular complexity index is 206. The van der Waals surface area contributed by atoms with Crippen LogP contribution in [0.15, 0.2) is 0 Å². The zero-order valence-electron chi connectivity index (χ0n) is 10.4. The van der Waals surface area contributed by atoms with Crippen LogP contribution in [-0.4, -0.2) is 50.0 Å². The summed E-state index contributed by atoms with van der Waals surface area (Å²) in [6.07, 6.45) is 4.69. The minimum Gasteiger partial charge on any atom is -0.396 e. The summed E-state index contributed by atoms with van der Waals surface area (Å²) in [6, 6.07) is 0.285. The number of aliphatic hydroxyl groups excluding tert-OH is 1. The molecule has 1 fully saturated rings. The normalized spacial score (nSPS) is 17.0. The first kappa shape index (κ1) is 14.4. The van der Waals surface area contributed by atoms with Gasteiger partial charge in [-0.2, -0.15) is 0 Å². The minimum atomic E-state index is 0.0686. The SMILES string of the molecule is O=C(CNCCCCCO)NC1CCOCC1. The van der Waals surface area contributed by atoms with E-state index in [0.717, 1.165) is 51.9 Å². The van der Waals surface area contributed by atoms with Crippen LogP contribution in [0.4, 0.5) is 0 Å². The highest BCUT2D eigenvalue weighted by Gasteiger charge is 2.15. The van der Waals surface area contributed by atoms with Crippen LogP contribution in [0, 0.1) is 0 Å². The lowest BCUT2D eigenvalue weighted by atomic mass is 10.1. The van der Waals surface area contributed by atoms with E-state index in [9.17, 15) is 4.79 Å². The molecule has 17 heavy (non-hydrogen) atoms. The molecule has 5 nitrogen and oxygen atoms in total. The molecule has 1 amide bonds. The molecular weight excluding hydrogens is 220 g/mol. The highest BCUT2D eigenvalue weighted by Crippen LogP contribution is 2.05. The first-order valence-electron chi connectivity index (χ1n) is 6.51. The molecule has 1 aliphatic rings. The van der Waals surface area contributed by atoms with E-state index in [2.05, 4.69) is 10.6 Å². The Morgan fingerprint density at radius 1 is 1.24 bits per heavy atom. The molecule has 0 radical (unpaired) electrons. The zero-order chi connectivity index (χ0) is 12.3. The predicted octanol–water partition coefficient (Wildman–Crippen LogP) is 0.0338. The number of unbranched alkanes of at least 4 members (excludes halogenated alkanes) is 2. The average Bonchev–Trinajstić information content (AvgIpc) is 2.35. The maximum absolute atomic E-state index is 11.5. The molecule has 0 aromatic heterocycles. The highest BCUT2D eigenvalue weighted by molar-refractivity contribution is 5.78. The third-order valence-corrected chi connectivity index (χ3v) is 2.88. The molecule has 1 rings (SSSR count). The Morgan fingerprint density at radius 3 is 2.71 bits per heavy atom. The van der Waals surface area contributed by atoms with Crippen LogP contribution in [-0.2, 0) is 9.53 Å². The molecule has 1 heterocycles. The highest BCUT2D eigenvalue weighted by atomic mass is 16.5. The first-order valence-corrected chi connectivity index (χ1v) is 6.51. The fourth-order valence-corrected chi connectivity index (χ4v) is 1.86. The lowest BCUT2D eigenvalue weighted by Gasteiger charge is -2.23. The molecule has 0 bridgehead atoms. The fourth-order valence-electron chi connectivity index (χ4n) is 1.86. The molecule has 5 heteroatoms. The van der Waals surface area contributed by atoms with E-state index in [1.54, 1.807) is 0 Å². The van der Waals surface area contributed by atoms with Gasteiger partial charge in [-0.05, 0) is 38.6 Å².